The second kappa shape index (κ2) is 10.7. The first-order valence-corrected chi connectivity index (χ1v) is 10.8. The summed E-state index contributed by atoms with van der Waals surface area (Å²) in [6.45, 7) is 3.21. The lowest BCUT2D eigenvalue weighted by atomic mass is 9.91. The van der Waals surface area contributed by atoms with Crippen molar-refractivity contribution >= 4 is 23.8 Å². The predicted octanol–water partition coefficient (Wildman–Crippen LogP) is 2.80. The number of carbonyl (C=O) groups excluding carboxylic acids is 4. The van der Waals surface area contributed by atoms with E-state index in [1.807, 2.05) is 6.07 Å². The van der Waals surface area contributed by atoms with Crippen molar-refractivity contribution < 1.29 is 23.9 Å². The summed E-state index contributed by atoms with van der Waals surface area (Å²) in [6, 6.07) is 14.4. The molecule has 1 aliphatic heterocycles. The molecule has 0 bridgehead atoms. The molecule has 0 saturated carbocycles. The number of hydrogen-bond acceptors (Lipinski definition) is 7. The van der Waals surface area contributed by atoms with Gasteiger partial charge in [0.25, 0.3) is 5.91 Å². The zero-order valence-electron chi connectivity index (χ0n) is 19.0. The smallest absolute Gasteiger partial charge is 0.325 e. The molecule has 0 spiro atoms. The molecule has 1 fully saturated rings. The molecule has 0 radical (unpaired) electrons. The first kappa shape index (κ1) is 24.6. The molecule has 2 aromatic rings. The molecule has 0 aliphatic carbocycles. The number of hydrogen-bond donors (Lipinski definition) is 3. The van der Waals surface area contributed by atoms with Crippen LogP contribution in [0.3, 0.4) is 0 Å². The van der Waals surface area contributed by atoms with Crippen LogP contribution in [0.15, 0.2) is 59.7 Å². The molecule has 2 aromatic carbocycles. The zero-order valence-corrected chi connectivity index (χ0v) is 19.0. The first-order chi connectivity index (χ1) is 16.3. The van der Waals surface area contributed by atoms with Crippen molar-refractivity contribution in [3.63, 3.8) is 0 Å². The molecule has 2 atom stereocenters. The highest BCUT2D eigenvalue weighted by molar-refractivity contribution is 6.09. The van der Waals surface area contributed by atoms with Gasteiger partial charge in [-0.15, -0.1) is 0 Å². The highest BCUT2D eigenvalue weighted by Gasteiger charge is 2.49. The number of imide groups is 1. The van der Waals surface area contributed by atoms with Gasteiger partial charge in [0.15, 0.2) is 0 Å². The molecule has 1 saturated heterocycles. The molecule has 3 rings (SSSR count). The monoisotopic (exact) mass is 465 g/mol. The van der Waals surface area contributed by atoms with Gasteiger partial charge in [0.05, 0.1) is 25.6 Å². The SMILES string of the molecule is CCOC(=O)C[C@@H](NC(=O)CN1C(=O)N[C@@](C)(c2ccc(CN=N)cc2)C1=O)c1ccccc1. The Labute approximate surface area is 197 Å². The van der Waals surface area contributed by atoms with E-state index in [0.717, 1.165) is 10.5 Å². The van der Waals surface area contributed by atoms with Crippen LogP contribution < -0.4 is 10.6 Å². The third-order valence-corrected chi connectivity index (χ3v) is 5.58. The summed E-state index contributed by atoms with van der Waals surface area (Å²) >= 11 is 0. The zero-order chi connectivity index (χ0) is 24.7. The summed E-state index contributed by atoms with van der Waals surface area (Å²) in [6.07, 6.45) is -0.0849. The van der Waals surface area contributed by atoms with Gasteiger partial charge < -0.3 is 15.4 Å². The Morgan fingerprint density at radius 3 is 2.44 bits per heavy atom. The fraction of sp³-hybridized carbons (Fsp3) is 0.333. The molecule has 1 aliphatic rings. The molecular formula is C24H27N5O5. The van der Waals surface area contributed by atoms with E-state index in [2.05, 4.69) is 15.7 Å². The number of urea groups is 1. The van der Waals surface area contributed by atoms with Crippen LogP contribution in [0.4, 0.5) is 4.79 Å². The van der Waals surface area contributed by atoms with Gasteiger partial charge in [0, 0.05) is 0 Å². The average molecular weight is 466 g/mol. The minimum Gasteiger partial charge on any atom is -0.466 e. The fourth-order valence-corrected chi connectivity index (χ4v) is 3.78. The van der Waals surface area contributed by atoms with Crippen molar-refractivity contribution in [3.8, 4) is 0 Å². The van der Waals surface area contributed by atoms with Crippen LogP contribution in [-0.2, 0) is 31.2 Å². The van der Waals surface area contributed by atoms with Gasteiger partial charge in [-0.25, -0.2) is 10.3 Å². The molecule has 3 N–H and O–H groups in total. The minimum atomic E-state index is -1.34. The van der Waals surface area contributed by atoms with Crippen molar-refractivity contribution in [2.24, 2.45) is 5.11 Å². The molecule has 10 nitrogen and oxygen atoms in total. The standard InChI is InChI=1S/C24H27N5O5/c1-3-34-21(31)13-19(17-7-5-4-6-8-17)27-20(30)15-29-22(32)24(2,28-23(29)33)18-11-9-16(10-12-18)14-26-25/h4-12,19,25H,3,13-15H2,1-2H3,(H,27,30)(H,28,33)/t19-,24+/m1/s1. The molecule has 10 heteroatoms. The minimum absolute atomic E-state index is 0.0849. The van der Waals surface area contributed by atoms with Crippen molar-refractivity contribution in [1.82, 2.24) is 15.5 Å². The van der Waals surface area contributed by atoms with E-state index >= 15 is 0 Å². The number of carbonyl (C=O) groups is 4. The molecule has 0 aromatic heterocycles. The summed E-state index contributed by atoms with van der Waals surface area (Å²) in [5.41, 5.74) is 7.66. The third-order valence-electron chi connectivity index (χ3n) is 5.58. The topological polar surface area (TPSA) is 141 Å². The number of esters is 1. The Hall–Kier alpha value is -4.08. The Balaban J connectivity index is 1.72. The van der Waals surface area contributed by atoms with Crippen LogP contribution >= 0.6 is 0 Å². The highest BCUT2D eigenvalue weighted by Crippen LogP contribution is 2.29. The van der Waals surface area contributed by atoms with Crippen LogP contribution in [0.5, 0.6) is 0 Å². The maximum Gasteiger partial charge on any atom is 0.325 e. The van der Waals surface area contributed by atoms with E-state index in [4.69, 9.17) is 10.3 Å². The van der Waals surface area contributed by atoms with E-state index in [-0.39, 0.29) is 19.6 Å². The molecule has 4 amide bonds. The average Bonchev–Trinajstić information content (AvgIpc) is 3.04. The summed E-state index contributed by atoms with van der Waals surface area (Å²) in [7, 11) is 0. The molecule has 178 valence electrons. The molecule has 34 heavy (non-hydrogen) atoms. The van der Waals surface area contributed by atoms with Crippen LogP contribution in [0.25, 0.3) is 0 Å². The second-order valence-electron chi connectivity index (χ2n) is 8.00. The first-order valence-electron chi connectivity index (χ1n) is 10.8. The number of amides is 4. The third kappa shape index (κ3) is 5.45. The van der Waals surface area contributed by atoms with E-state index in [1.165, 1.54) is 0 Å². The maximum atomic E-state index is 13.1. The quantitative estimate of drug-likeness (QED) is 0.281. The van der Waals surface area contributed by atoms with Crippen LogP contribution in [0.1, 0.15) is 43.0 Å². The number of rotatable bonds is 10. The summed E-state index contributed by atoms with van der Waals surface area (Å²) in [5, 5.41) is 8.72. The summed E-state index contributed by atoms with van der Waals surface area (Å²) in [5.74, 6) is -1.62. The Morgan fingerprint density at radius 2 is 1.82 bits per heavy atom. The number of nitrogens with one attached hydrogen (secondary N) is 3. The lowest BCUT2D eigenvalue weighted by Crippen LogP contribution is -2.44. The Kier molecular flexibility index (Phi) is 7.72. The fourth-order valence-electron chi connectivity index (χ4n) is 3.78. The van der Waals surface area contributed by atoms with Gasteiger partial charge >= 0.3 is 12.0 Å². The van der Waals surface area contributed by atoms with Crippen molar-refractivity contribution in [2.45, 2.75) is 38.4 Å². The lowest BCUT2D eigenvalue weighted by Gasteiger charge is -2.23. The largest absolute Gasteiger partial charge is 0.466 e. The van der Waals surface area contributed by atoms with E-state index < -0.39 is 41.9 Å². The Bertz CT molecular complexity index is 1070. The number of nitrogens with zero attached hydrogens (tertiary/aromatic N) is 2. The van der Waals surface area contributed by atoms with Gasteiger partial charge in [-0.1, -0.05) is 54.6 Å². The summed E-state index contributed by atoms with van der Waals surface area (Å²) < 4.78 is 5.01. The molecule has 1 heterocycles. The van der Waals surface area contributed by atoms with Gasteiger partial charge in [0.2, 0.25) is 5.91 Å². The van der Waals surface area contributed by atoms with Crippen LogP contribution in [-0.4, -0.2) is 41.9 Å². The summed E-state index contributed by atoms with van der Waals surface area (Å²) in [4.78, 5) is 51.5. The van der Waals surface area contributed by atoms with Crippen molar-refractivity contribution in [1.29, 1.82) is 5.53 Å². The van der Waals surface area contributed by atoms with Crippen molar-refractivity contribution in [3.05, 3.63) is 71.3 Å². The van der Waals surface area contributed by atoms with E-state index in [9.17, 15) is 19.2 Å². The number of ether oxygens (including phenoxy) is 1. The van der Waals surface area contributed by atoms with Crippen LogP contribution in [0, 0.1) is 5.53 Å². The molecular weight excluding hydrogens is 438 g/mol. The van der Waals surface area contributed by atoms with Gasteiger partial charge in [-0.2, -0.15) is 5.11 Å². The van der Waals surface area contributed by atoms with Gasteiger partial charge in [-0.05, 0) is 30.5 Å². The lowest BCUT2D eigenvalue weighted by molar-refractivity contribution is -0.144. The molecule has 0 unspecified atom stereocenters. The van der Waals surface area contributed by atoms with Crippen molar-refractivity contribution in [2.75, 3.05) is 13.2 Å². The highest BCUT2D eigenvalue weighted by atomic mass is 16.5. The van der Waals surface area contributed by atoms with E-state index in [1.54, 1.807) is 62.4 Å². The normalized spacial score (nSPS) is 18.2. The predicted molar refractivity (Wildman–Crippen MR) is 121 cm³/mol. The number of benzene rings is 2. The Morgan fingerprint density at radius 1 is 1.15 bits per heavy atom. The second-order valence-corrected chi connectivity index (χ2v) is 8.00. The maximum absolute atomic E-state index is 13.1. The van der Waals surface area contributed by atoms with Gasteiger partial charge in [0.1, 0.15) is 12.1 Å². The van der Waals surface area contributed by atoms with E-state index in [0.29, 0.717) is 11.1 Å². The van der Waals surface area contributed by atoms with Gasteiger partial charge in [-0.3, -0.25) is 19.3 Å². The van der Waals surface area contributed by atoms with Crippen LogP contribution in [0.2, 0.25) is 0 Å².